The van der Waals surface area contributed by atoms with Crippen molar-refractivity contribution >= 4 is 37.7 Å². The number of rotatable bonds is 5. The Morgan fingerprint density at radius 3 is 2.27 bits per heavy atom. The van der Waals surface area contributed by atoms with Crippen molar-refractivity contribution in [3.63, 3.8) is 0 Å². The fourth-order valence-electron chi connectivity index (χ4n) is 4.45. The van der Waals surface area contributed by atoms with E-state index in [0.29, 0.717) is 26.2 Å². The molecule has 2 fully saturated rings. The van der Waals surface area contributed by atoms with Crippen molar-refractivity contribution < 1.29 is 13.2 Å². The maximum atomic E-state index is 13.4. The Labute approximate surface area is 204 Å². The van der Waals surface area contributed by atoms with Gasteiger partial charge in [-0.2, -0.15) is 4.31 Å². The number of hydrogen-bond acceptors (Lipinski definition) is 6. The molecule has 3 heterocycles. The third-order valence-corrected chi connectivity index (χ3v) is 9.13. The lowest BCUT2D eigenvalue weighted by molar-refractivity contribution is -0.143. The molecule has 0 spiro atoms. The van der Waals surface area contributed by atoms with Crippen LogP contribution in [0.15, 0.2) is 45.9 Å². The van der Waals surface area contributed by atoms with Gasteiger partial charge in [0.05, 0.1) is 4.90 Å². The van der Waals surface area contributed by atoms with Gasteiger partial charge in [-0.25, -0.2) is 18.4 Å². The fraction of sp³-hybridized carbons (Fsp3) is 0.522. The van der Waals surface area contributed by atoms with E-state index >= 15 is 0 Å². The second-order valence-electron chi connectivity index (χ2n) is 8.88. The lowest BCUT2D eigenvalue weighted by atomic mass is 9.79. The van der Waals surface area contributed by atoms with Gasteiger partial charge in [-0.05, 0) is 43.2 Å². The number of anilines is 1. The number of amides is 1. The van der Waals surface area contributed by atoms with Crippen LogP contribution in [-0.2, 0) is 21.2 Å². The molecular formula is C23H30BrN5O3S. The molecule has 2 aliphatic heterocycles. The molecule has 0 atom stereocenters. The highest BCUT2D eigenvalue weighted by Gasteiger charge is 2.41. The molecule has 8 nitrogen and oxygen atoms in total. The van der Waals surface area contributed by atoms with E-state index in [-0.39, 0.29) is 10.8 Å². The number of aromatic nitrogens is 2. The van der Waals surface area contributed by atoms with Crippen LogP contribution in [-0.4, -0.2) is 72.8 Å². The fourth-order valence-corrected chi connectivity index (χ4v) is 6.13. The van der Waals surface area contributed by atoms with Gasteiger partial charge in [0.25, 0.3) is 0 Å². The minimum absolute atomic E-state index is 0.125. The average molecular weight is 536 g/mol. The highest BCUT2D eigenvalue weighted by molar-refractivity contribution is 9.10. The second kappa shape index (κ2) is 9.68. The molecule has 2 aromatic rings. The largest absolute Gasteiger partial charge is 0.356 e. The first-order valence-electron chi connectivity index (χ1n) is 11.3. The number of carbonyl (C=O) groups excluding carboxylic acids is 1. The maximum absolute atomic E-state index is 13.4. The summed E-state index contributed by atoms with van der Waals surface area (Å²) in [6.45, 7) is 7.06. The van der Waals surface area contributed by atoms with E-state index in [4.69, 9.17) is 0 Å². The Hall–Kier alpha value is -2.04. The lowest BCUT2D eigenvalue weighted by Gasteiger charge is -2.43. The Morgan fingerprint density at radius 1 is 1.03 bits per heavy atom. The summed E-state index contributed by atoms with van der Waals surface area (Å²) in [6, 6.07) is 8.59. The van der Waals surface area contributed by atoms with Gasteiger partial charge in [-0.3, -0.25) is 4.79 Å². The van der Waals surface area contributed by atoms with Gasteiger partial charge in [-0.1, -0.05) is 29.8 Å². The second-order valence-corrected chi connectivity index (χ2v) is 11.7. The number of aryl methyl sites for hydroxylation is 1. The molecular weight excluding hydrogens is 506 g/mol. The number of nitrogens with zero attached hydrogens (tertiary/aromatic N) is 5. The summed E-state index contributed by atoms with van der Waals surface area (Å²) in [4.78, 5) is 26.6. The Kier molecular flexibility index (Phi) is 7.07. The number of carbonyl (C=O) groups is 1. The van der Waals surface area contributed by atoms with Gasteiger partial charge >= 0.3 is 0 Å². The van der Waals surface area contributed by atoms with Crippen LogP contribution in [0.5, 0.6) is 0 Å². The lowest BCUT2D eigenvalue weighted by Crippen LogP contribution is -2.55. The zero-order valence-corrected chi connectivity index (χ0v) is 21.5. The number of halogens is 1. The molecule has 2 saturated heterocycles. The smallest absolute Gasteiger partial charge is 0.243 e. The molecule has 0 aliphatic carbocycles. The van der Waals surface area contributed by atoms with E-state index in [1.807, 2.05) is 24.8 Å². The van der Waals surface area contributed by atoms with Crippen LogP contribution in [0, 0.1) is 5.41 Å². The molecule has 1 aromatic heterocycles. The summed E-state index contributed by atoms with van der Waals surface area (Å²) in [5.74, 6) is 1.87. The highest BCUT2D eigenvalue weighted by Crippen LogP contribution is 2.35. The molecule has 0 bridgehead atoms. The standard InChI is InChI=1S/C23H30BrN5O3S/c1-3-20-25-11-8-21(26-20)27-12-9-23(2,10-13-27)22(30)28-14-16-29(17-15-28)33(31,32)19-6-4-18(24)5-7-19/h4-8,11H,3,9-10,12-17H2,1-2H3. The van der Waals surface area contributed by atoms with Crippen LogP contribution in [0.1, 0.15) is 32.5 Å². The molecule has 0 unspecified atom stereocenters. The summed E-state index contributed by atoms with van der Waals surface area (Å²) < 4.78 is 28.2. The molecule has 10 heteroatoms. The molecule has 178 valence electrons. The monoisotopic (exact) mass is 535 g/mol. The van der Waals surface area contributed by atoms with Crippen molar-refractivity contribution in [2.24, 2.45) is 5.41 Å². The van der Waals surface area contributed by atoms with Crippen molar-refractivity contribution in [2.75, 3.05) is 44.2 Å². The Bertz CT molecular complexity index is 1090. The minimum Gasteiger partial charge on any atom is -0.356 e. The normalized spacial score (nSPS) is 19.5. The maximum Gasteiger partial charge on any atom is 0.243 e. The molecule has 1 aromatic carbocycles. The van der Waals surface area contributed by atoms with Crippen LogP contribution in [0.2, 0.25) is 0 Å². The molecule has 0 N–H and O–H groups in total. The number of piperidine rings is 1. The van der Waals surface area contributed by atoms with E-state index in [0.717, 1.165) is 48.5 Å². The topological polar surface area (TPSA) is 86.7 Å². The van der Waals surface area contributed by atoms with E-state index in [9.17, 15) is 13.2 Å². The number of sulfonamides is 1. The summed E-state index contributed by atoms with van der Waals surface area (Å²) in [5, 5.41) is 0. The minimum atomic E-state index is -3.56. The first kappa shape index (κ1) is 24.1. The van der Waals surface area contributed by atoms with Crippen molar-refractivity contribution in [3.05, 3.63) is 46.8 Å². The number of hydrogen-bond donors (Lipinski definition) is 0. The molecule has 0 radical (unpaired) electrons. The van der Waals surface area contributed by atoms with Crippen molar-refractivity contribution in [2.45, 2.75) is 38.0 Å². The van der Waals surface area contributed by atoms with E-state index in [1.165, 1.54) is 4.31 Å². The van der Waals surface area contributed by atoms with Crippen molar-refractivity contribution in [3.8, 4) is 0 Å². The van der Waals surface area contributed by atoms with Crippen LogP contribution < -0.4 is 4.90 Å². The molecule has 1 amide bonds. The van der Waals surface area contributed by atoms with E-state index < -0.39 is 15.4 Å². The third kappa shape index (κ3) is 5.07. The summed E-state index contributed by atoms with van der Waals surface area (Å²) in [5.41, 5.74) is -0.441. The van der Waals surface area contributed by atoms with Gasteiger partial charge in [-0.15, -0.1) is 0 Å². The molecule has 2 aliphatic rings. The van der Waals surface area contributed by atoms with E-state index in [2.05, 4.69) is 30.8 Å². The van der Waals surface area contributed by atoms with Gasteiger partial charge < -0.3 is 9.80 Å². The first-order chi connectivity index (χ1) is 15.7. The Morgan fingerprint density at radius 2 is 1.67 bits per heavy atom. The Balaban J connectivity index is 1.35. The molecule has 4 rings (SSSR count). The zero-order chi connectivity index (χ0) is 23.6. The average Bonchev–Trinajstić information content (AvgIpc) is 2.84. The van der Waals surface area contributed by atoms with Crippen LogP contribution in [0.3, 0.4) is 0 Å². The van der Waals surface area contributed by atoms with Crippen LogP contribution in [0.4, 0.5) is 5.82 Å². The summed E-state index contributed by atoms with van der Waals surface area (Å²) >= 11 is 3.34. The molecule has 0 saturated carbocycles. The predicted octanol–water partition coefficient (Wildman–Crippen LogP) is 2.94. The van der Waals surface area contributed by atoms with Crippen molar-refractivity contribution in [1.82, 2.24) is 19.2 Å². The SMILES string of the molecule is CCc1nccc(N2CCC(C)(C(=O)N3CCN(S(=O)(=O)c4ccc(Br)cc4)CC3)CC2)n1. The van der Waals surface area contributed by atoms with Gasteiger partial charge in [0.15, 0.2) is 0 Å². The van der Waals surface area contributed by atoms with Gasteiger partial charge in [0, 0.05) is 61.8 Å². The summed E-state index contributed by atoms with van der Waals surface area (Å²) in [7, 11) is -3.56. The van der Waals surface area contributed by atoms with Gasteiger partial charge in [0.1, 0.15) is 11.6 Å². The third-order valence-electron chi connectivity index (χ3n) is 6.69. The van der Waals surface area contributed by atoms with Crippen LogP contribution in [0.25, 0.3) is 0 Å². The number of piperazine rings is 1. The van der Waals surface area contributed by atoms with E-state index in [1.54, 1.807) is 30.5 Å². The summed E-state index contributed by atoms with van der Waals surface area (Å²) in [6.07, 6.45) is 4.08. The quantitative estimate of drug-likeness (QED) is 0.584. The highest BCUT2D eigenvalue weighted by atomic mass is 79.9. The number of benzene rings is 1. The zero-order valence-electron chi connectivity index (χ0n) is 19.1. The predicted molar refractivity (Wildman–Crippen MR) is 130 cm³/mol. The van der Waals surface area contributed by atoms with Crippen LogP contribution >= 0.6 is 15.9 Å². The molecule has 33 heavy (non-hydrogen) atoms. The first-order valence-corrected chi connectivity index (χ1v) is 13.6. The van der Waals surface area contributed by atoms with Gasteiger partial charge in [0.2, 0.25) is 15.9 Å². The van der Waals surface area contributed by atoms with Crippen molar-refractivity contribution in [1.29, 1.82) is 0 Å².